The van der Waals surface area contributed by atoms with Gasteiger partial charge in [-0.15, -0.1) is 0 Å². The highest BCUT2D eigenvalue weighted by molar-refractivity contribution is 8.11. The fourth-order valence-electron chi connectivity index (χ4n) is 0.947. The van der Waals surface area contributed by atoms with Gasteiger partial charge in [0, 0.05) is 12.1 Å². The van der Waals surface area contributed by atoms with Gasteiger partial charge in [-0.3, -0.25) is 15.2 Å². The second-order valence-electron chi connectivity index (χ2n) is 3.84. The molecule has 15 heavy (non-hydrogen) atoms. The van der Waals surface area contributed by atoms with Crippen LogP contribution in [0.25, 0.3) is 0 Å². The summed E-state index contributed by atoms with van der Waals surface area (Å²) < 4.78 is 16.8. The third-order valence-electron chi connectivity index (χ3n) is 1.12. The summed E-state index contributed by atoms with van der Waals surface area (Å²) in [4.78, 5) is 0. The molecule has 0 rings (SSSR count). The molecule has 2 atom stereocenters. The van der Waals surface area contributed by atoms with E-state index in [1.165, 1.54) is 0 Å². The second kappa shape index (κ2) is 5.84. The van der Waals surface area contributed by atoms with Crippen LogP contribution in [0.3, 0.4) is 0 Å². The molecule has 0 heterocycles. The zero-order valence-corrected chi connectivity index (χ0v) is 12.0. The Balaban J connectivity index is 4.44. The van der Waals surface area contributed by atoms with Crippen molar-refractivity contribution in [2.75, 3.05) is 0 Å². The maximum atomic E-state index is 11.7. The lowest BCUT2D eigenvalue weighted by Gasteiger charge is -2.25. The first kappa shape index (κ1) is 15.7. The van der Waals surface area contributed by atoms with Crippen molar-refractivity contribution >= 4 is 26.0 Å². The predicted octanol–water partition coefficient (Wildman–Crippen LogP) is 1.25. The normalized spacial score (nSPS) is 20.3. The molecular formula is C6H20N4O2P2S. The summed E-state index contributed by atoms with van der Waals surface area (Å²) in [6.45, 7) is 4.55. The van der Waals surface area contributed by atoms with Crippen molar-refractivity contribution in [1.29, 1.82) is 0 Å². The number of nitrogens with one attached hydrogen (secondary N) is 2. The fourth-order valence-corrected chi connectivity index (χ4v) is 5.73. The van der Waals surface area contributed by atoms with E-state index in [0.29, 0.717) is 0 Å². The van der Waals surface area contributed by atoms with Crippen LogP contribution < -0.4 is 21.2 Å². The van der Waals surface area contributed by atoms with E-state index in [-0.39, 0.29) is 12.1 Å². The first-order chi connectivity index (χ1) is 6.54. The Morgan fingerprint density at radius 2 is 1.53 bits per heavy atom. The van der Waals surface area contributed by atoms with Crippen LogP contribution in [0.5, 0.6) is 0 Å². The Morgan fingerprint density at radius 3 is 1.87 bits per heavy atom. The first-order valence-corrected chi connectivity index (χ1v) is 9.06. The monoisotopic (exact) mass is 274 g/mol. The van der Waals surface area contributed by atoms with Crippen LogP contribution in [0.1, 0.15) is 27.7 Å². The van der Waals surface area contributed by atoms with E-state index in [1.54, 1.807) is 13.8 Å². The molecule has 0 radical (unpaired) electrons. The summed E-state index contributed by atoms with van der Waals surface area (Å²) in [5, 5.41) is 5.44. The molecule has 6 nitrogen and oxygen atoms in total. The SMILES string of the molecule is CC(C)NP(N)(=O)OP(N)(=S)NC(C)C. The zero-order chi connectivity index (χ0) is 12.3. The smallest absolute Gasteiger partial charge is 0.269 e. The number of rotatable bonds is 6. The topological polar surface area (TPSA) is 102 Å². The van der Waals surface area contributed by atoms with Crippen LogP contribution in [-0.4, -0.2) is 12.1 Å². The van der Waals surface area contributed by atoms with Crippen LogP contribution in [0.2, 0.25) is 0 Å². The highest BCUT2D eigenvalue weighted by Crippen LogP contribution is 2.50. The van der Waals surface area contributed by atoms with Gasteiger partial charge in [0.2, 0.25) is 6.57 Å². The minimum absolute atomic E-state index is 0.0554. The van der Waals surface area contributed by atoms with Gasteiger partial charge >= 0.3 is 7.67 Å². The second-order valence-corrected chi connectivity index (χ2v) is 9.03. The van der Waals surface area contributed by atoms with Crippen molar-refractivity contribution in [1.82, 2.24) is 10.2 Å². The van der Waals surface area contributed by atoms with Crippen LogP contribution in [0, 0.1) is 0 Å². The van der Waals surface area contributed by atoms with E-state index in [1.807, 2.05) is 13.8 Å². The van der Waals surface area contributed by atoms with Crippen molar-refractivity contribution in [3.05, 3.63) is 0 Å². The highest BCUT2D eigenvalue weighted by atomic mass is 32.5. The standard InChI is InChI=1S/C6H20N4O2P2S/c1-5(2)9-13(7,11)12-14(8,15)10-6(3)4/h5-6H,1-4H3,(H3,7,9,11)(H3,8,10,15). The Hall–Kier alpha value is 0.680. The lowest BCUT2D eigenvalue weighted by molar-refractivity contribution is 0.473. The molecule has 0 saturated carbocycles. The van der Waals surface area contributed by atoms with Gasteiger partial charge in [0.25, 0.3) is 0 Å². The molecule has 0 aliphatic heterocycles. The minimum atomic E-state index is -3.42. The molecule has 0 aromatic carbocycles. The molecule has 0 amide bonds. The molecule has 0 fully saturated rings. The third-order valence-corrected chi connectivity index (χ3v) is 5.73. The Kier molecular flexibility index (Phi) is 6.11. The van der Waals surface area contributed by atoms with Crippen LogP contribution in [0.15, 0.2) is 0 Å². The summed E-state index contributed by atoms with van der Waals surface area (Å²) in [5.41, 5.74) is 11.1. The Labute approximate surface area is 96.3 Å². The third kappa shape index (κ3) is 8.48. The van der Waals surface area contributed by atoms with Gasteiger partial charge < -0.3 is 0 Å². The molecule has 0 aromatic rings. The molecule has 0 aliphatic carbocycles. The van der Waals surface area contributed by atoms with Crippen molar-refractivity contribution in [3.63, 3.8) is 0 Å². The molecular weight excluding hydrogens is 254 g/mol. The number of hydrogen-bond acceptors (Lipinski definition) is 3. The van der Waals surface area contributed by atoms with E-state index in [2.05, 4.69) is 10.2 Å². The van der Waals surface area contributed by atoms with Crippen LogP contribution in [0.4, 0.5) is 0 Å². The van der Waals surface area contributed by atoms with Crippen molar-refractivity contribution < 1.29 is 8.88 Å². The summed E-state index contributed by atoms with van der Waals surface area (Å²) in [7, 11) is -3.42. The summed E-state index contributed by atoms with van der Waals surface area (Å²) >= 11 is 4.98. The van der Waals surface area contributed by atoms with E-state index < -0.39 is 14.2 Å². The average Bonchev–Trinajstić information content (AvgIpc) is 1.73. The molecule has 6 N–H and O–H groups in total. The molecule has 92 valence electrons. The highest BCUT2D eigenvalue weighted by Gasteiger charge is 2.26. The Morgan fingerprint density at radius 1 is 1.13 bits per heavy atom. The van der Waals surface area contributed by atoms with Gasteiger partial charge in [-0.1, -0.05) is 0 Å². The van der Waals surface area contributed by atoms with Crippen LogP contribution >= 0.6 is 14.2 Å². The van der Waals surface area contributed by atoms with Gasteiger partial charge in [-0.25, -0.2) is 14.9 Å². The molecule has 0 aromatic heterocycles. The van der Waals surface area contributed by atoms with E-state index in [0.717, 1.165) is 0 Å². The van der Waals surface area contributed by atoms with Gasteiger partial charge in [0.05, 0.1) is 0 Å². The molecule has 0 aliphatic rings. The van der Waals surface area contributed by atoms with Crippen molar-refractivity contribution in [2.45, 2.75) is 39.8 Å². The molecule has 0 spiro atoms. The van der Waals surface area contributed by atoms with Gasteiger partial charge in [0.1, 0.15) is 0 Å². The van der Waals surface area contributed by atoms with Gasteiger partial charge in [-0.2, -0.15) is 0 Å². The lowest BCUT2D eigenvalue weighted by atomic mass is 10.4. The molecule has 9 heteroatoms. The summed E-state index contributed by atoms with van der Waals surface area (Å²) in [5.74, 6) is 0. The molecule has 0 saturated heterocycles. The number of hydrogen-bond donors (Lipinski definition) is 4. The minimum Gasteiger partial charge on any atom is -0.269 e. The van der Waals surface area contributed by atoms with Crippen LogP contribution in [-0.2, 0) is 20.7 Å². The van der Waals surface area contributed by atoms with Gasteiger partial charge in [0.15, 0.2) is 0 Å². The first-order valence-electron chi connectivity index (χ1n) is 4.58. The zero-order valence-electron chi connectivity index (χ0n) is 9.43. The summed E-state index contributed by atoms with van der Waals surface area (Å²) in [6, 6.07) is -0.00485. The number of nitrogens with two attached hydrogens (primary N) is 2. The largest absolute Gasteiger partial charge is 0.344 e. The van der Waals surface area contributed by atoms with Crippen molar-refractivity contribution in [3.8, 4) is 0 Å². The maximum absolute atomic E-state index is 11.7. The summed E-state index contributed by atoms with van der Waals surface area (Å²) in [6.07, 6.45) is 0. The van der Waals surface area contributed by atoms with Gasteiger partial charge in [-0.05, 0) is 39.5 Å². The van der Waals surface area contributed by atoms with E-state index in [4.69, 9.17) is 27.1 Å². The fraction of sp³-hybridized carbons (Fsp3) is 1.00. The van der Waals surface area contributed by atoms with Crippen molar-refractivity contribution in [2.24, 2.45) is 11.0 Å². The quantitative estimate of drug-likeness (QED) is 0.540. The molecule has 0 bridgehead atoms. The van der Waals surface area contributed by atoms with E-state index >= 15 is 0 Å². The Bertz CT molecular complexity index is 269. The maximum Gasteiger partial charge on any atom is 0.344 e. The predicted molar refractivity (Wildman–Crippen MR) is 67.9 cm³/mol. The molecule has 2 unspecified atom stereocenters. The average molecular weight is 274 g/mol. The van der Waals surface area contributed by atoms with E-state index in [9.17, 15) is 4.57 Å². The lowest BCUT2D eigenvalue weighted by Crippen LogP contribution is -2.29.